The van der Waals surface area contributed by atoms with Crippen LogP contribution in [-0.4, -0.2) is 30.6 Å². The molecule has 3 aromatic rings. The van der Waals surface area contributed by atoms with Crippen molar-refractivity contribution in [3.63, 3.8) is 0 Å². The number of nitrogens with one attached hydrogen (secondary N) is 1. The predicted molar refractivity (Wildman–Crippen MR) is 102 cm³/mol. The number of nitrogens with zero attached hydrogens (tertiary/aromatic N) is 1. The number of rotatable bonds is 6. The molecule has 1 atom stereocenters. The van der Waals surface area contributed by atoms with E-state index >= 15 is 0 Å². The van der Waals surface area contributed by atoms with Crippen molar-refractivity contribution < 1.29 is 14.3 Å². The second-order valence-corrected chi connectivity index (χ2v) is 7.25. The highest BCUT2D eigenvalue weighted by Gasteiger charge is 2.20. The Morgan fingerprint density at radius 1 is 1.27 bits per heavy atom. The zero-order valence-corrected chi connectivity index (χ0v) is 15.1. The van der Waals surface area contributed by atoms with Crippen LogP contribution in [0.2, 0.25) is 0 Å². The van der Waals surface area contributed by atoms with Crippen molar-refractivity contribution in [3.8, 4) is 5.75 Å². The average Bonchev–Trinajstić information content (AvgIpc) is 3.36. The van der Waals surface area contributed by atoms with Gasteiger partial charge in [-0.15, -0.1) is 11.3 Å². The summed E-state index contributed by atoms with van der Waals surface area (Å²) in [5, 5.41) is 3.94. The SMILES string of the molecule is O=C(NCCOc1cccc2cccnc12)c1ccc([C@@H]2CCCO2)s1. The minimum atomic E-state index is -0.0705. The van der Waals surface area contributed by atoms with Gasteiger partial charge in [0.2, 0.25) is 0 Å². The van der Waals surface area contributed by atoms with E-state index in [0.717, 1.165) is 41.0 Å². The Kier molecular flexibility index (Phi) is 5.13. The van der Waals surface area contributed by atoms with Crippen LogP contribution >= 0.6 is 11.3 Å². The first-order chi connectivity index (χ1) is 12.8. The summed E-state index contributed by atoms with van der Waals surface area (Å²) in [6.07, 6.45) is 4.03. The van der Waals surface area contributed by atoms with Gasteiger partial charge in [-0.1, -0.05) is 18.2 Å². The Bertz CT molecular complexity index is 897. The molecule has 1 aliphatic rings. The van der Waals surface area contributed by atoms with Crippen LogP contribution in [0.1, 0.15) is 33.5 Å². The van der Waals surface area contributed by atoms with Crippen molar-refractivity contribution in [2.45, 2.75) is 18.9 Å². The van der Waals surface area contributed by atoms with Gasteiger partial charge >= 0.3 is 0 Å². The number of carbonyl (C=O) groups excluding carboxylic acids is 1. The predicted octanol–water partition coefficient (Wildman–Crippen LogP) is 3.96. The zero-order valence-electron chi connectivity index (χ0n) is 14.3. The lowest BCUT2D eigenvalue weighted by atomic mass is 10.2. The Labute approximate surface area is 156 Å². The summed E-state index contributed by atoms with van der Waals surface area (Å²) < 4.78 is 11.5. The van der Waals surface area contributed by atoms with Crippen LogP contribution in [0.15, 0.2) is 48.7 Å². The molecule has 0 unspecified atom stereocenters. The molecule has 26 heavy (non-hydrogen) atoms. The molecule has 0 saturated carbocycles. The minimum Gasteiger partial charge on any atom is -0.489 e. The van der Waals surface area contributed by atoms with Crippen LogP contribution in [0.5, 0.6) is 5.75 Å². The topological polar surface area (TPSA) is 60.5 Å². The van der Waals surface area contributed by atoms with Gasteiger partial charge in [0, 0.05) is 23.1 Å². The van der Waals surface area contributed by atoms with E-state index in [1.807, 2.05) is 42.5 Å². The summed E-state index contributed by atoms with van der Waals surface area (Å²) >= 11 is 1.51. The van der Waals surface area contributed by atoms with E-state index in [-0.39, 0.29) is 12.0 Å². The van der Waals surface area contributed by atoms with E-state index in [1.54, 1.807) is 6.20 Å². The number of para-hydroxylation sites is 1. The molecule has 1 amide bonds. The van der Waals surface area contributed by atoms with Gasteiger partial charge in [-0.05, 0) is 37.1 Å². The Hall–Kier alpha value is -2.44. The van der Waals surface area contributed by atoms with Crippen LogP contribution in [0.25, 0.3) is 10.9 Å². The number of hydrogen-bond acceptors (Lipinski definition) is 5. The van der Waals surface area contributed by atoms with Gasteiger partial charge in [0.1, 0.15) is 17.9 Å². The van der Waals surface area contributed by atoms with E-state index in [2.05, 4.69) is 10.3 Å². The van der Waals surface area contributed by atoms with Gasteiger partial charge in [0.25, 0.3) is 5.91 Å². The Morgan fingerprint density at radius 2 is 2.19 bits per heavy atom. The number of pyridine rings is 1. The molecular weight excluding hydrogens is 348 g/mol. The molecule has 3 heterocycles. The molecule has 4 rings (SSSR count). The number of fused-ring (bicyclic) bond motifs is 1. The maximum atomic E-state index is 12.3. The van der Waals surface area contributed by atoms with Gasteiger partial charge in [-0.25, -0.2) is 0 Å². The number of aromatic nitrogens is 1. The highest BCUT2D eigenvalue weighted by molar-refractivity contribution is 7.14. The van der Waals surface area contributed by atoms with E-state index in [1.165, 1.54) is 11.3 Å². The molecule has 134 valence electrons. The lowest BCUT2D eigenvalue weighted by Crippen LogP contribution is -2.27. The molecule has 0 aliphatic carbocycles. The monoisotopic (exact) mass is 368 g/mol. The third-order valence-electron chi connectivity index (χ3n) is 4.34. The minimum absolute atomic E-state index is 0.0705. The Morgan fingerprint density at radius 3 is 3.08 bits per heavy atom. The van der Waals surface area contributed by atoms with Crippen LogP contribution in [0.4, 0.5) is 0 Å². The van der Waals surface area contributed by atoms with Gasteiger partial charge in [0.15, 0.2) is 0 Å². The van der Waals surface area contributed by atoms with Crippen LogP contribution in [-0.2, 0) is 4.74 Å². The molecule has 0 bridgehead atoms. The van der Waals surface area contributed by atoms with Gasteiger partial charge in [-0.3, -0.25) is 9.78 Å². The summed E-state index contributed by atoms with van der Waals surface area (Å²) in [5.41, 5.74) is 0.834. The first kappa shape index (κ1) is 17.0. The Balaban J connectivity index is 1.30. The van der Waals surface area contributed by atoms with Crippen molar-refractivity contribution >= 4 is 28.1 Å². The number of hydrogen-bond donors (Lipinski definition) is 1. The summed E-state index contributed by atoms with van der Waals surface area (Å²) in [6.45, 7) is 1.64. The van der Waals surface area contributed by atoms with E-state index in [4.69, 9.17) is 9.47 Å². The van der Waals surface area contributed by atoms with E-state index in [0.29, 0.717) is 18.0 Å². The molecule has 0 radical (unpaired) electrons. The number of ether oxygens (including phenoxy) is 2. The summed E-state index contributed by atoms with van der Waals surface area (Å²) in [4.78, 5) is 18.5. The van der Waals surface area contributed by atoms with Gasteiger partial charge in [0.05, 0.1) is 17.5 Å². The molecule has 1 fully saturated rings. The van der Waals surface area contributed by atoms with Crippen molar-refractivity contribution in [2.75, 3.05) is 19.8 Å². The quantitative estimate of drug-likeness (QED) is 0.669. The largest absolute Gasteiger partial charge is 0.489 e. The van der Waals surface area contributed by atoms with Crippen LogP contribution < -0.4 is 10.1 Å². The van der Waals surface area contributed by atoms with Crippen LogP contribution in [0.3, 0.4) is 0 Å². The van der Waals surface area contributed by atoms with Crippen molar-refractivity contribution in [1.82, 2.24) is 10.3 Å². The number of benzene rings is 1. The second-order valence-electron chi connectivity index (χ2n) is 6.14. The number of thiophene rings is 1. The second kappa shape index (κ2) is 7.85. The number of amides is 1. The molecule has 1 saturated heterocycles. The average molecular weight is 368 g/mol. The lowest BCUT2D eigenvalue weighted by Gasteiger charge is -2.09. The van der Waals surface area contributed by atoms with Crippen molar-refractivity contribution in [1.29, 1.82) is 0 Å². The molecular formula is C20H20N2O3S. The fourth-order valence-corrected chi connectivity index (χ4v) is 4.06. The molecule has 1 aromatic carbocycles. The zero-order chi connectivity index (χ0) is 17.8. The summed E-state index contributed by atoms with van der Waals surface area (Å²) in [6, 6.07) is 13.6. The molecule has 1 aliphatic heterocycles. The van der Waals surface area contributed by atoms with Gasteiger partial charge in [-0.2, -0.15) is 0 Å². The highest BCUT2D eigenvalue weighted by atomic mass is 32.1. The third kappa shape index (κ3) is 3.71. The molecule has 6 heteroatoms. The smallest absolute Gasteiger partial charge is 0.261 e. The maximum Gasteiger partial charge on any atom is 0.261 e. The van der Waals surface area contributed by atoms with Crippen molar-refractivity contribution in [3.05, 3.63) is 58.4 Å². The first-order valence-electron chi connectivity index (χ1n) is 8.77. The lowest BCUT2D eigenvalue weighted by molar-refractivity contribution is 0.0951. The fraction of sp³-hybridized carbons (Fsp3) is 0.300. The molecule has 0 spiro atoms. The number of carbonyl (C=O) groups is 1. The summed E-state index contributed by atoms with van der Waals surface area (Å²) in [5.74, 6) is 0.660. The first-order valence-corrected chi connectivity index (χ1v) is 9.59. The maximum absolute atomic E-state index is 12.3. The molecule has 5 nitrogen and oxygen atoms in total. The van der Waals surface area contributed by atoms with Gasteiger partial charge < -0.3 is 14.8 Å². The highest BCUT2D eigenvalue weighted by Crippen LogP contribution is 2.33. The van der Waals surface area contributed by atoms with E-state index in [9.17, 15) is 4.79 Å². The summed E-state index contributed by atoms with van der Waals surface area (Å²) in [7, 11) is 0. The standard InChI is InChI=1S/C20H20N2O3S/c23-20(18-9-8-17(26-18)15-7-3-12-24-15)22-11-13-25-16-6-1-4-14-5-2-10-21-19(14)16/h1-2,4-6,8-10,15H,3,7,11-13H2,(H,22,23)/t15-/m0/s1. The van der Waals surface area contributed by atoms with E-state index < -0.39 is 0 Å². The third-order valence-corrected chi connectivity index (χ3v) is 5.51. The molecule has 1 N–H and O–H groups in total. The fourth-order valence-electron chi connectivity index (χ4n) is 3.06. The van der Waals surface area contributed by atoms with Crippen LogP contribution in [0, 0.1) is 0 Å². The molecule has 2 aromatic heterocycles. The normalized spacial score (nSPS) is 16.7. The van der Waals surface area contributed by atoms with Crippen molar-refractivity contribution in [2.24, 2.45) is 0 Å².